The highest BCUT2D eigenvalue weighted by Gasteiger charge is 2.10. The van der Waals surface area contributed by atoms with Crippen molar-refractivity contribution in [1.82, 2.24) is 10.3 Å². The average Bonchev–Trinajstić information content (AvgIpc) is 2.61. The second kappa shape index (κ2) is 4.79. The van der Waals surface area contributed by atoms with Crippen LogP contribution < -0.4 is 10.1 Å². The molecule has 90 valence electrons. The number of fused-ring (bicyclic) bond motifs is 1. The van der Waals surface area contributed by atoms with Gasteiger partial charge in [-0.05, 0) is 34.1 Å². The summed E-state index contributed by atoms with van der Waals surface area (Å²) in [7, 11) is 1.64. The summed E-state index contributed by atoms with van der Waals surface area (Å²) >= 11 is 3.46. The molecule has 5 heteroatoms. The number of methoxy groups -OCH3 is 1. The standard InChI is InChI=1S/C12H13BrN2O2/c1-7(16)14-6-10-9-5-8(17-2)3-4-11(9)15-12(10)13/h3-5,15H,6H2,1-2H3,(H,14,16). The molecule has 0 radical (unpaired) electrons. The normalized spacial score (nSPS) is 10.5. The first-order chi connectivity index (χ1) is 8.11. The van der Waals surface area contributed by atoms with E-state index in [4.69, 9.17) is 4.74 Å². The highest BCUT2D eigenvalue weighted by atomic mass is 79.9. The third kappa shape index (κ3) is 2.44. The van der Waals surface area contributed by atoms with Crippen molar-refractivity contribution in [3.05, 3.63) is 28.4 Å². The van der Waals surface area contributed by atoms with Crippen LogP contribution in [-0.4, -0.2) is 18.0 Å². The zero-order valence-corrected chi connectivity index (χ0v) is 11.2. The number of rotatable bonds is 3. The van der Waals surface area contributed by atoms with Crippen molar-refractivity contribution in [3.8, 4) is 5.75 Å². The van der Waals surface area contributed by atoms with Crippen LogP contribution >= 0.6 is 15.9 Å². The number of carbonyl (C=O) groups is 1. The molecule has 2 rings (SSSR count). The maximum Gasteiger partial charge on any atom is 0.217 e. The summed E-state index contributed by atoms with van der Waals surface area (Å²) in [5.74, 6) is 0.752. The molecule has 2 N–H and O–H groups in total. The SMILES string of the molecule is COc1ccc2[nH]c(Br)c(CNC(C)=O)c2c1. The van der Waals surface area contributed by atoms with E-state index in [1.165, 1.54) is 6.92 Å². The van der Waals surface area contributed by atoms with Crippen molar-refractivity contribution >= 4 is 32.7 Å². The number of hydrogen-bond acceptors (Lipinski definition) is 2. The van der Waals surface area contributed by atoms with Crippen LogP contribution in [0.4, 0.5) is 0 Å². The van der Waals surface area contributed by atoms with E-state index in [2.05, 4.69) is 26.2 Å². The summed E-state index contributed by atoms with van der Waals surface area (Å²) in [4.78, 5) is 14.2. The molecule has 1 aromatic heterocycles. The Balaban J connectivity index is 2.44. The van der Waals surface area contributed by atoms with Crippen LogP contribution in [-0.2, 0) is 11.3 Å². The molecule has 0 spiro atoms. The minimum Gasteiger partial charge on any atom is -0.497 e. The number of amides is 1. The molecular formula is C12H13BrN2O2. The third-order valence-electron chi connectivity index (χ3n) is 2.58. The Labute approximate surface area is 107 Å². The fourth-order valence-electron chi connectivity index (χ4n) is 1.71. The van der Waals surface area contributed by atoms with Crippen molar-refractivity contribution < 1.29 is 9.53 Å². The first-order valence-corrected chi connectivity index (χ1v) is 5.99. The van der Waals surface area contributed by atoms with Gasteiger partial charge in [0.2, 0.25) is 5.91 Å². The highest BCUT2D eigenvalue weighted by molar-refractivity contribution is 9.10. The van der Waals surface area contributed by atoms with E-state index in [-0.39, 0.29) is 5.91 Å². The molecule has 1 heterocycles. The number of ether oxygens (including phenoxy) is 1. The summed E-state index contributed by atoms with van der Waals surface area (Å²) in [6, 6.07) is 5.80. The van der Waals surface area contributed by atoms with Gasteiger partial charge in [-0.15, -0.1) is 0 Å². The maximum atomic E-state index is 10.9. The largest absolute Gasteiger partial charge is 0.497 e. The fourth-order valence-corrected chi connectivity index (χ4v) is 2.27. The molecule has 0 saturated heterocycles. The number of hydrogen-bond donors (Lipinski definition) is 2. The van der Waals surface area contributed by atoms with Crippen molar-refractivity contribution in [1.29, 1.82) is 0 Å². The van der Waals surface area contributed by atoms with Crippen LogP contribution in [0.1, 0.15) is 12.5 Å². The van der Waals surface area contributed by atoms with Gasteiger partial charge in [0.25, 0.3) is 0 Å². The lowest BCUT2D eigenvalue weighted by Gasteiger charge is -2.03. The zero-order chi connectivity index (χ0) is 12.4. The Hall–Kier alpha value is -1.49. The zero-order valence-electron chi connectivity index (χ0n) is 9.63. The molecule has 0 atom stereocenters. The van der Waals surface area contributed by atoms with Gasteiger partial charge in [0.05, 0.1) is 11.7 Å². The van der Waals surface area contributed by atoms with Crippen LogP contribution in [0.5, 0.6) is 5.75 Å². The molecule has 0 aliphatic carbocycles. The quantitative estimate of drug-likeness (QED) is 0.915. The molecule has 1 aromatic carbocycles. The van der Waals surface area contributed by atoms with Gasteiger partial charge in [-0.1, -0.05) is 0 Å². The Kier molecular flexibility index (Phi) is 3.38. The number of benzene rings is 1. The molecule has 0 bridgehead atoms. The van der Waals surface area contributed by atoms with Crippen molar-refractivity contribution in [3.63, 3.8) is 0 Å². The molecule has 0 aliphatic rings. The van der Waals surface area contributed by atoms with Gasteiger partial charge >= 0.3 is 0 Å². The summed E-state index contributed by atoms with van der Waals surface area (Å²) < 4.78 is 6.08. The minimum atomic E-state index is -0.0471. The predicted octanol–water partition coefficient (Wildman–Crippen LogP) is 2.58. The van der Waals surface area contributed by atoms with Crippen molar-refractivity contribution in [2.24, 2.45) is 0 Å². The number of nitrogens with one attached hydrogen (secondary N) is 2. The molecule has 0 fully saturated rings. The molecular weight excluding hydrogens is 284 g/mol. The number of carbonyl (C=O) groups excluding carboxylic acids is 1. The van der Waals surface area contributed by atoms with Crippen LogP contribution in [0.3, 0.4) is 0 Å². The van der Waals surface area contributed by atoms with Crippen molar-refractivity contribution in [2.75, 3.05) is 7.11 Å². The molecule has 1 amide bonds. The van der Waals surface area contributed by atoms with Crippen LogP contribution in [0.2, 0.25) is 0 Å². The smallest absolute Gasteiger partial charge is 0.217 e. The molecule has 2 aromatic rings. The Morgan fingerprint density at radius 3 is 2.94 bits per heavy atom. The Morgan fingerprint density at radius 2 is 2.29 bits per heavy atom. The lowest BCUT2D eigenvalue weighted by atomic mass is 10.1. The molecule has 0 saturated carbocycles. The lowest BCUT2D eigenvalue weighted by Crippen LogP contribution is -2.18. The Bertz CT molecular complexity index is 563. The van der Waals surface area contributed by atoms with Crippen LogP contribution in [0.15, 0.2) is 22.8 Å². The lowest BCUT2D eigenvalue weighted by molar-refractivity contribution is -0.119. The van der Waals surface area contributed by atoms with E-state index in [0.717, 1.165) is 26.8 Å². The number of halogens is 1. The van der Waals surface area contributed by atoms with Gasteiger partial charge < -0.3 is 15.0 Å². The van der Waals surface area contributed by atoms with E-state index < -0.39 is 0 Å². The number of aromatic nitrogens is 1. The van der Waals surface area contributed by atoms with Crippen LogP contribution in [0.25, 0.3) is 10.9 Å². The fraction of sp³-hybridized carbons (Fsp3) is 0.250. The van der Waals surface area contributed by atoms with E-state index in [9.17, 15) is 4.79 Å². The summed E-state index contributed by atoms with van der Waals surface area (Å²) in [5, 5.41) is 3.83. The molecule has 4 nitrogen and oxygen atoms in total. The van der Waals surface area contributed by atoms with Gasteiger partial charge in [0, 0.05) is 29.9 Å². The second-order valence-electron chi connectivity index (χ2n) is 3.74. The summed E-state index contributed by atoms with van der Waals surface area (Å²) in [5.41, 5.74) is 2.03. The maximum absolute atomic E-state index is 10.9. The van der Waals surface area contributed by atoms with Gasteiger partial charge in [0.15, 0.2) is 0 Å². The topological polar surface area (TPSA) is 54.1 Å². The Morgan fingerprint density at radius 1 is 1.53 bits per heavy atom. The predicted molar refractivity (Wildman–Crippen MR) is 70.1 cm³/mol. The number of H-pyrrole nitrogens is 1. The van der Waals surface area contributed by atoms with Crippen molar-refractivity contribution in [2.45, 2.75) is 13.5 Å². The highest BCUT2D eigenvalue weighted by Crippen LogP contribution is 2.29. The van der Waals surface area contributed by atoms with Crippen LogP contribution in [0, 0.1) is 0 Å². The van der Waals surface area contributed by atoms with E-state index in [0.29, 0.717) is 6.54 Å². The molecule has 0 aliphatic heterocycles. The molecule has 17 heavy (non-hydrogen) atoms. The summed E-state index contributed by atoms with van der Waals surface area (Å²) in [6.07, 6.45) is 0. The van der Waals surface area contributed by atoms with E-state index >= 15 is 0 Å². The van der Waals surface area contributed by atoms with Gasteiger partial charge in [-0.3, -0.25) is 4.79 Å². The first kappa shape index (κ1) is 12.0. The minimum absolute atomic E-state index is 0.0471. The van der Waals surface area contributed by atoms with Gasteiger partial charge in [-0.2, -0.15) is 0 Å². The molecule has 0 unspecified atom stereocenters. The average molecular weight is 297 g/mol. The van der Waals surface area contributed by atoms with Gasteiger partial charge in [-0.25, -0.2) is 0 Å². The number of aromatic amines is 1. The van der Waals surface area contributed by atoms with E-state index in [1.807, 2.05) is 18.2 Å². The summed E-state index contributed by atoms with van der Waals surface area (Å²) in [6.45, 7) is 1.99. The third-order valence-corrected chi connectivity index (χ3v) is 3.25. The van der Waals surface area contributed by atoms with E-state index in [1.54, 1.807) is 7.11 Å². The van der Waals surface area contributed by atoms with Gasteiger partial charge in [0.1, 0.15) is 5.75 Å². The first-order valence-electron chi connectivity index (χ1n) is 5.20. The second-order valence-corrected chi connectivity index (χ2v) is 4.53. The monoisotopic (exact) mass is 296 g/mol.